The van der Waals surface area contributed by atoms with Crippen molar-refractivity contribution in [2.24, 2.45) is 11.8 Å². The minimum atomic E-state index is 0.0873. The molecule has 2 heterocycles. The monoisotopic (exact) mass is 400 g/mol. The number of likely N-dealkylation sites (tertiary alicyclic amines) is 2. The van der Waals surface area contributed by atoms with Crippen LogP contribution < -0.4 is 4.74 Å². The van der Waals surface area contributed by atoms with E-state index in [1.165, 1.54) is 0 Å². The van der Waals surface area contributed by atoms with Gasteiger partial charge in [0.2, 0.25) is 5.91 Å². The Morgan fingerprint density at radius 2 is 1.69 bits per heavy atom. The molecule has 0 N–H and O–H groups in total. The van der Waals surface area contributed by atoms with Crippen molar-refractivity contribution in [3.63, 3.8) is 0 Å². The summed E-state index contributed by atoms with van der Waals surface area (Å²) in [6.45, 7) is 3.86. The van der Waals surface area contributed by atoms with E-state index in [1.54, 1.807) is 7.11 Å². The lowest BCUT2D eigenvalue weighted by molar-refractivity contribution is -0.134. The summed E-state index contributed by atoms with van der Waals surface area (Å²) in [5, 5.41) is 0. The van der Waals surface area contributed by atoms with Crippen LogP contribution in [0.15, 0.2) is 24.3 Å². The van der Waals surface area contributed by atoms with Crippen molar-refractivity contribution >= 4 is 11.8 Å². The third-order valence-corrected chi connectivity index (χ3v) is 6.29. The molecular weight excluding hydrogens is 368 g/mol. The van der Waals surface area contributed by atoms with Gasteiger partial charge >= 0.3 is 0 Å². The molecule has 6 heteroatoms. The largest absolute Gasteiger partial charge is 0.490 e. The molecule has 0 bridgehead atoms. The molecule has 1 aromatic rings. The van der Waals surface area contributed by atoms with Crippen molar-refractivity contribution in [1.82, 2.24) is 9.80 Å². The van der Waals surface area contributed by atoms with E-state index < -0.39 is 0 Å². The highest BCUT2D eigenvalue weighted by Crippen LogP contribution is 2.32. The normalized spacial score (nSPS) is 23.1. The zero-order valence-corrected chi connectivity index (χ0v) is 17.3. The first-order chi connectivity index (χ1) is 14.1. The second kappa shape index (κ2) is 9.16. The Balaban J connectivity index is 1.27. The summed E-state index contributed by atoms with van der Waals surface area (Å²) in [7, 11) is 1.72. The van der Waals surface area contributed by atoms with Gasteiger partial charge in [0.15, 0.2) is 0 Å². The molecule has 4 rings (SSSR count). The molecule has 0 aromatic heterocycles. The number of amides is 2. The molecule has 0 spiro atoms. The van der Waals surface area contributed by atoms with Crippen LogP contribution in [-0.4, -0.2) is 67.6 Å². The number of carbonyl (C=O) groups is 2. The van der Waals surface area contributed by atoms with E-state index in [2.05, 4.69) is 0 Å². The van der Waals surface area contributed by atoms with Gasteiger partial charge < -0.3 is 19.3 Å². The lowest BCUT2D eigenvalue weighted by Crippen LogP contribution is -2.42. The van der Waals surface area contributed by atoms with Crippen LogP contribution in [0.25, 0.3) is 0 Å². The van der Waals surface area contributed by atoms with Crippen molar-refractivity contribution in [2.75, 3.05) is 39.9 Å². The first-order valence-corrected chi connectivity index (χ1v) is 11.0. The van der Waals surface area contributed by atoms with E-state index in [0.29, 0.717) is 29.9 Å². The van der Waals surface area contributed by atoms with Gasteiger partial charge in [-0.05, 0) is 55.9 Å². The number of carbonyl (C=O) groups excluding carboxylic acids is 2. The molecule has 3 fully saturated rings. The van der Waals surface area contributed by atoms with E-state index in [4.69, 9.17) is 9.47 Å². The molecule has 29 heavy (non-hydrogen) atoms. The Labute approximate surface area is 173 Å². The van der Waals surface area contributed by atoms with Gasteiger partial charge in [0.05, 0.1) is 6.61 Å². The van der Waals surface area contributed by atoms with Gasteiger partial charge in [0.25, 0.3) is 5.91 Å². The SMILES string of the molecule is COCC1CCCN(C(=O)c2ccc(OC3CCN(C(=O)C4CC4)CC3)cc2)C1. The van der Waals surface area contributed by atoms with E-state index in [-0.39, 0.29) is 12.0 Å². The molecule has 0 radical (unpaired) electrons. The van der Waals surface area contributed by atoms with Gasteiger partial charge in [0, 0.05) is 57.6 Å². The lowest BCUT2D eigenvalue weighted by atomic mass is 9.98. The van der Waals surface area contributed by atoms with Crippen LogP contribution in [0.5, 0.6) is 5.75 Å². The highest BCUT2D eigenvalue weighted by atomic mass is 16.5. The Morgan fingerprint density at radius 1 is 0.966 bits per heavy atom. The van der Waals surface area contributed by atoms with Gasteiger partial charge in [-0.25, -0.2) is 0 Å². The zero-order valence-electron chi connectivity index (χ0n) is 17.3. The maximum absolute atomic E-state index is 12.8. The second-order valence-electron chi connectivity index (χ2n) is 8.66. The van der Waals surface area contributed by atoms with Crippen LogP contribution in [0.1, 0.15) is 48.9 Å². The zero-order chi connectivity index (χ0) is 20.2. The lowest BCUT2D eigenvalue weighted by Gasteiger charge is -2.33. The molecular formula is C23H32N2O4. The smallest absolute Gasteiger partial charge is 0.253 e. The van der Waals surface area contributed by atoms with Crippen LogP contribution >= 0.6 is 0 Å². The third-order valence-electron chi connectivity index (χ3n) is 6.29. The Hall–Kier alpha value is -2.08. The standard InChI is InChI=1S/C23H32N2O4/c1-28-16-17-3-2-12-25(15-17)23(27)19-6-8-20(9-7-19)29-21-10-13-24(14-11-21)22(26)18-4-5-18/h6-9,17-18,21H,2-5,10-16H2,1H3. The summed E-state index contributed by atoms with van der Waals surface area (Å²) in [6.07, 6.45) is 6.15. The number of benzene rings is 1. The van der Waals surface area contributed by atoms with E-state index in [1.807, 2.05) is 34.1 Å². The summed E-state index contributed by atoms with van der Waals surface area (Å²) in [4.78, 5) is 28.9. The minimum absolute atomic E-state index is 0.0873. The third kappa shape index (κ3) is 5.10. The predicted octanol–water partition coefficient (Wildman–Crippen LogP) is 2.97. The number of piperidine rings is 2. The van der Waals surface area contributed by atoms with Crippen LogP contribution in [0.4, 0.5) is 0 Å². The molecule has 158 valence electrons. The number of rotatable bonds is 6. The highest BCUT2D eigenvalue weighted by Gasteiger charge is 2.35. The number of hydrogen-bond donors (Lipinski definition) is 0. The van der Waals surface area contributed by atoms with Crippen LogP contribution in [0.2, 0.25) is 0 Å². The average Bonchev–Trinajstić information content (AvgIpc) is 3.60. The van der Waals surface area contributed by atoms with Gasteiger partial charge in [-0.15, -0.1) is 0 Å². The van der Waals surface area contributed by atoms with Crippen molar-refractivity contribution in [2.45, 2.75) is 44.6 Å². The quantitative estimate of drug-likeness (QED) is 0.737. The van der Waals surface area contributed by atoms with Crippen molar-refractivity contribution in [1.29, 1.82) is 0 Å². The van der Waals surface area contributed by atoms with Crippen molar-refractivity contribution in [3.05, 3.63) is 29.8 Å². The summed E-state index contributed by atoms with van der Waals surface area (Å²) < 4.78 is 11.4. The fourth-order valence-corrected chi connectivity index (χ4v) is 4.45. The molecule has 1 aliphatic carbocycles. The maximum Gasteiger partial charge on any atom is 0.253 e. The number of nitrogens with zero attached hydrogens (tertiary/aromatic N) is 2. The molecule has 2 amide bonds. The van der Waals surface area contributed by atoms with Gasteiger partial charge in [-0.1, -0.05) is 0 Å². The van der Waals surface area contributed by atoms with E-state index in [0.717, 1.165) is 70.5 Å². The van der Waals surface area contributed by atoms with Crippen LogP contribution in [0, 0.1) is 11.8 Å². The van der Waals surface area contributed by atoms with Crippen LogP contribution in [-0.2, 0) is 9.53 Å². The second-order valence-corrected chi connectivity index (χ2v) is 8.66. The number of hydrogen-bond acceptors (Lipinski definition) is 4. The molecule has 1 saturated carbocycles. The van der Waals surface area contributed by atoms with Gasteiger partial charge in [-0.3, -0.25) is 9.59 Å². The van der Waals surface area contributed by atoms with E-state index >= 15 is 0 Å². The first-order valence-electron chi connectivity index (χ1n) is 11.0. The molecule has 6 nitrogen and oxygen atoms in total. The van der Waals surface area contributed by atoms with E-state index in [9.17, 15) is 9.59 Å². The summed E-state index contributed by atoms with van der Waals surface area (Å²) >= 11 is 0. The topological polar surface area (TPSA) is 59.1 Å². The predicted molar refractivity (Wildman–Crippen MR) is 110 cm³/mol. The fourth-order valence-electron chi connectivity index (χ4n) is 4.45. The number of ether oxygens (including phenoxy) is 2. The summed E-state index contributed by atoms with van der Waals surface area (Å²) in [5.74, 6) is 1.94. The summed E-state index contributed by atoms with van der Waals surface area (Å²) in [6, 6.07) is 7.52. The van der Waals surface area contributed by atoms with Crippen molar-refractivity contribution < 1.29 is 19.1 Å². The molecule has 2 aliphatic heterocycles. The van der Waals surface area contributed by atoms with Crippen LogP contribution in [0.3, 0.4) is 0 Å². The van der Waals surface area contributed by atoms with Gasteiger partial charge in [0.1, 0.15) is 11.9 Å². The maximum atomic E-state index is 12.8. The molecule has 1 atom stereocenters. The number of methoxy groups -OCH3 is 1. The average molecular weight is 401 g/mol. The highest BCUT2D eigenvalue weighted by molar-refractivity contribution is 5.94. The minimum Gasteiger partial charge on any atom is -0.490 e. The molecule has 1 unspecified atom stereocenters. The molecule has 3 aliphatic rings. The molecule has 2 saturated heterocycles. The first kappa shape index (κ1) is 20.2. The molecule has 1 aromatic carbocycles. The Bertz CT molecular complexity index is 706. The fraction of sp³-hybridized carbons (Fsp3) is 0.652. The van der Waals surface area contributed by atoms with Crippen molar-refractivity contribution in [3.8, 4) is 5.75 Å². The Kier molecular flexibility index (Phi) is 6.38. The Morgan fingerprint density at radius 3 is 2.34 bits per heavy atom. The summed E-state index contributed by atoms with van der Waals surface area (Å²) in [5.41, 5.74) is 0.709. The van der Waals surface area contributed by atoms with Gasteiger partial charge in [-0.2, -0.15) is 0 Å².